The van der Waals surface area contributed by atoms with Gasteiger partial charge in [0.2, 0.25) is 23.7 Å². The van der Waals surface area contributed by atoms with Crippen LogP contribution >= 0.6 is 23.7 Å². The molecule has 0 aliphatic heterocycles. The van der Waals surface area contributed by atoms with Crippen molar-refractivity contribution in [2.24, 2.45) is 11.8 Å². The van der Waals surface area contributed by atoms with E-state index in [1.807, 2.05) is 9.13 Å². The van der Waals surface area contributed by atoms with Gasteiger partial charge in [-0.2, -0.15) is 25.0 Å². The van der Waals surface area contributed by atoms with Gasteiger partial charge in [0.1, 0.15) is 11.8 Å². The van der Waals surface area contributed by atoms with Crippen LogP contribution < -0.4 is 30.6 Å². The van der Waals surface area contributed by atoms with Gasteiger partial charge >= 0.3 is 13.7 Å². The Morgan fingerprint density at radius 2 is 1.42 bits per heavy atom. The molecule has 6 N–H and O–H groups in total. The maximum absolute atomic E-state index is 13.5. The highest BCUT2D eigenvalue weighted by Gasteiger charge is 2.37. The molecule has 2 saturated carbocycles. The number of hydrogen-bond acceptors (Lipinski definition) is 16. The molecule has 284 valence electrons. The van der Waals surface area contributed by atoms with Crippen LogP contribution in [-0.4, -0.2) is 90.7 Å². The topological polar surface area (TPSA) is 252 Å². The van der Waals surface area contributed by atoms with Gasteiger partial charge in [-0.25, -0.2) is 14.5 Å². The van der Waals surface area contributed by atoms with Crippen LogP contribution in [0.4, 0.5) is 11.9 Å². The van der Waals surface area contributed by atoms with E-state index in [0.29, 0.717) is 51.8 Å². The molecule has 1 aromatic carbocycles. The molecule has 0 amide bonds. The smallest absolute Gasteiger partial charge is 0.459 e. The number of halogens is 1. The minimum atomic E-state index is -3.89. The van der Waals surface area contributed by atoms with Crippen molar-refractivity contribution in [2.75, 3.05) is 46.0 Å². The van der Waals surface area contributed by atoms with Crippen LogP contribution in [-0.2, 0) is 18.6 Å². The van der Waals surface area contributed by atoms with Crippen molar-refractivity contribution in [3.63, 3.8) is 0 Å². The van der Waals surface area contributed by atoms with E-state index in [9.17, 15) is 9.36 Å². The van der Waals surface area contributed by atoms with E-state index in [1.165, 1.54) is 28.3 Å². The number of esters is 1. The molecule has 5 aromatic rings. The third-order valence-corrected chi connectivity index (χ3v) is 11.3. The standard InChI is InChI=1S/C21H26BrN6O6P.C11H15N5O2/c1-12(20(29)32-3)27-35(30,34-16-6-4-14(22)5-7-16)33-10-13-8-15(9-13)28-11-24-17-18(28)25-21(23)26-19(17)31-2;1-18-10-8-9(14-11(12)15-10)16(5-13-8)7-2-6(3-7)4-17/h4-7,11-13,15H,8-10H2,1-3H3,(H,27,30)(H2,23,25,26);5-7,17H,2-4H2,1H3,(H2,12,14,15)/t12-,13?,15?,35?;/m0./s1. The number of aliphatic hydroxyl groups excluding tert-OH is 1. The first-order chi connectivity index (χ1) is 25.4. The molecular formula is C32H41BrN11O8P. The van der Waals surface area contributed by atoms with Gasteiger partial charge in [-0.1, -0.05) is 15.9 Å². The highest BCUT2D eigenvalue weighted by Crippen LogP contribution is 2.48. The number of aliphatic hydroxyl groups is 1. The predicted molar refractivity (Wildman–Crippen MR) is 196 cm³/mol. The quantitative estimate of drug-likeness (QED) is 0.0972. The van der Waals surface area contributed by atoms with Crippen LogP contribution in [0.2, 0.25) is 0 Å². The van der Waals surface area contributed by atoms with Crippen LogP contribution in [0.5, 0.6) is 17.5 Å². The maximum Gasteiger partial charge on any atom is 0.459 e. The van der Waals surface area contributed by atoms with Gasteiger partial charge in [0.05, 0.1) is 40.6 Å². The van der Waals surface area contributed by atoms with Crippen molar-refractivity contribution in [1.82, 2.24) is 44.1 Å². The third-order valence-electron chi connectivity index (χ3n) is 9.09. The van der Waals surface area contributed by atoms with Gasteiger partial charge in [-0.05, 0) is 68.7 Å². The molecule has 53 heavy (non-hydrogen) atoms. The summed E-state index contributed by atoms with van der Waals surface area (Å²) >= 11 is 3.35. The fraction of sp³-hybridized carbons (Fsp3) is 0.469. The molecule has 0 saturated heterocycles. The fourth-order valence-corrected chi connectivity index (χ4v) is 8.00. The second-order valence-corrected chi connectivity index (χ2v) is 15.3. The molecule has 2 aliphatic carbocycles. The van der Waals surface area contributed by atoms with E-state index in [2.05, 4.69) is 50.9 Å². The number of benzene rings is 1. The van der Waals surface area contributed by atoms with Gasteiger partial charge in [-0.3, -0.25) is 9.32 Å². The first-order valence-corrected chi connectivity index (χ1v) is 19.0. The van der Waals surface area contributed by atoms with Crippen LogP contribution in [0.15, 0.2) is 41.4 Å². The van der Waals surface area contributed by atoms with Gasteiger partial charge in [0.15, 0.2) is 22.3 Å². The normalized spacial score (nSPS) is 21.0. The summed E-state index contributed by atoms with van der Waals surface area (Å²) in [6, 6.07) is 6.34. The van der Waals surface area contributed by atoms with E-state index < -0.39 is 19.8 Å². The van der Waals surface area contributed by atoms with Crippen molar-refractivity contribution < 1.29 is 37.7 Å². The number of nitrogens with zero attached hydrogens (tertiary/aromatic N) is 8. The number of nitrogen functional groups attached to an aromatic ring is 2. The van der Waals surface area contributed by atoms with Crippen LogP contribution in [0.1, 0.15) is 44.7 Å². The highest BCUT2D eigenvalue weighted by atomic mass is 79.9. The summed E-state index contributed by atoms with van der Waals surface area (Å²) in [6.07, 6.45) is 6.77. The Balaban J connectivity index is 0.000000222. The van der Waals surface area contributed by atoms with Crippen molar-refractivity contribution in [3.8, 4) is 17.5 Å². The summed E-state index contributed by atoms with van der Waals surface area (Å²) in [7, 11) is 0.400. The van der Waals surface area contributed by atoms with Crippen LogP contribution in [0.3, 0.4) is 0 Å². The number of nitrogens with one attached hydrogen (secondary N) is 1. The summed E-state index contributed by atoms with van der Waals surface area (Å²) in [5, 5.41) is 11.7. The third kappa shape index (κ3) is 8.46. The number of aromatic nitrogens is 8. The summed E-state index contributed by atoms with van der Waals surface area (Å²) in [4.78, 5) is 37.1. The van der Waals surface area contributed by atoms with Gasteiger partial charge in [-0.15, -0.1) is 0 Å². The average Bonchev–Trinajstić information content (AvgIpc) is 3.71. The Morgan fingerprint density at radius 1 is 0.906 bits per heavy atom. The molecule has 2 fully saturated rings. The summed E-state index contributed by atoms with van der Waals surface area (Å²) in [5.74, 6) is 1.25. The van der Waals surface area contributed by atoms with Gasteiger partial charge in [0, 0.05) is 23.2 Å². The molecule has 19 nitrogen and oxygen atoms in total. The maximum atomic E-state index is 13.5. The van der Waals surface area contributed by atoms with Crippen molar-refractivity contribution >= 4 is 63.9 Å². The monoisotopic (exact) mass is 817 g/mol. The zero-order chi connectivity index (χ0) is 37.9. The van der Waals surface area contributed by atoms with Crippen molar-refractivity contribution in [1.29, 1.82) is 0 Å². The molecule has 0 radical (unpaired) electrons. The van der Waals surface area contributed by atoms with E-state index in [0.717, 1.165) is 30.2 Å². The molecule has 0 spiro atoms. The first kappa shape index (κ1) is 38.1. The molecule has 4 aromatic heterocycles. The summed E-state index contributed by atoms with van der Waals surface area (Å²) in [6.45, 7) is 1.93. The van der Waals surface area contributed by atoms with Gasteiger partial charge < -0.3 is 44.4 Å². The number of imidazole rings is 2. The molecule has 7 rings (SSSR count). The minimum absolute atomic E-state index is 0.104. The molecule has 21 heteroatoms. The lowest BCUT2D eigenvalue weighted by atomic mass is 9.81. The average molecular weight is 819 g/mol. The number of rotatable bonds is 13. The van der Waals surface area contributed by atoms with Crippen molar-refractivity contribution in [3.05, 3.63) is 41.4 Å². The van der Waals surface area contributed by atoms with E-state index in [4.69, 9.17) is 39.8 Å². The van der Waals surface area contributed by atoms with E-state index in [1.54, 1.807) is 36.9 Å². The van der Waals surface area contributed by atoms with E-state index in [-0.39, 0.29) is 37.1 Å². The van der Waals surface area contributed by atoms with Crippen LogP contribution in [0, 0.1) is 11.8 Å². The second-order valence-electron chi connectivity index (χ2n) is 12.7. The van der Waals surface area contributed by atoms with Crippen LogP contribution in [0.25, 0.3) is 22.3 Å². The lowest BCUT2D eigenvalue weighted by Gasteiger charge is -2.36. The zero-order valence-electron chi connectivity index (χ0n) is 29.5. The molecule has 2 aliphatic rings. The Labute approximate surface area is 312 Å². The molecule has 0 bridgehead atoms. The molecule has 2 atom stereocenters. The number of carbonyl (C=O) groups is 1. The highest BCUT2D eigenvalue weighted by molar-refractivity contribution is 9.10. The number of carbonyl (C=O) groups excluding carboxylic acids is 1. The molecule has 1 unspecified atom stereocenters. The van der Waals surface area contributed by atoms with Gasteiger partial charge in [0.25, 0.3) is 0 Å². The Kier molecular flexibility index (Phi) is 11.6. The first-order valence-electron chi connectivity index (χ1n) is 16.7. The number of hydrogen-bond donors (Lipinski definition) is 4. The lowest BCUT2D eigenvalue weighted by Crippen LogP contribution is -2.36. The Hall–Kier alpha value is -4.62. The summed E-state index contributed by atoms with van der Waals surface area (Å²) in [5.41, 5.74) is 13.9. The number of ether oxygens (including phenoxy) is 3. The second kappa shape index (κ2) is 16.2. The molecular weight excluding hydrogens is 777 g/mol. The lowest BCUT2D eigenvalue weighted by molar-refractivity contribution is -0.142. The largest absolute Gasteiger partial charge is 0.479 e. The number of anilines is 2. The molecule has 4 heterocycles. The number of fused-ring (bicyclic) bond motifs is 2. The summed E-state index contributed by atoms with van der Waals surface area (Å²) < 4.78 is 44.8. The zero-order valence-corrected chi connectivity index (χ0v) is 31.9. The Morgan fingerprint density at radius 3 is 1.89 bits per heavy atom. The Bertz CT molecular complexity index is 2100. The fourth-order valence-electron chi connectivity index (χ4n) is 6.17. The number of nitrogens with two attached hydrogens (primary N) is 2. The number of methoxy groups -OCH3 is 3. The van der Waals surface area contributed by atoms with E-state index >= 15 is 0 Å². The minimum Gasteiger partial charge on any atom is -0.479 e. The predicted octanol–water partition coefficient (Wildman–Crippen LogP) is 3.85. The van der Waals surface area contributed by atoms with Crippen molar-refractivity contribution in [2.45, 2.75) is 50.7 Å². The SMILES string of the molecule is COC(=O)[C@H](C)NP(=O)(OCC1CC(n2cnc3c(OC)nc(N)nc32)C1)Oc1ccc(Br)cc1.COc1nc(N)nc2c1ncn2C1CC(CO)C1.